The maximum atomic E-state index is 12.9. The van der Waals surface area contributed by atoms with Crippen molar-refractivity contribution in [1.29, 1.82) is 0 Å². The van der Waals surface area contributed by atoms with Crippen molar-refractivity contribution in [3.63, 3.8) is 0 Å². The van der Waals surface area contributed by atoms with E-state index in [1.165, 1.54) is 10.4 Å². The number of fused-ring (bicyclic) bond motifs is 1. The number of hydrogen-bond acceptors (Lipinski definition) is 4. The minimum atomic E-state index is -0.0425. The lowest BCUT2D eigenvalue weighted by molar-refractivity contribution is -0.139. The lowest BCUT2D eigenvalue weighted by Gasteiger charge is -2.37. The van der Waals surface area contributed by atoms with Gasteiger partial charge in [0.1, 0.15) is 6.54 Å². The maximum absolute atomic E-state index is 12.9. The summed E-state index contributed by atoms with van der Waals surface area (Å²) < 4.78 is 0. The third-order valence-electron chi connectivity index (χ3n) is 4.55. The predicted octanol–water partition coefficient (Wildman–Crippen LogP) is 2.76. The third-order valence-corrected chi connectivity index (χ3v) is 6.49. The van der Waals surface area contributed by atoms with Gasteiger partial charge in [-0.1, -0.05) is 30.3 Å². The van der Waals surface area contributed by atoms with E-state index in [1.807, 2.05) is 23.1 Å². The molecular formula is C18H18N2O2S2. The van der Waals surface area contributed by atoms with E-state index in [-0.39, 0.29) is 24.4 Å². The van der Waals surface area contributed by atoms with Crippen LogP contribution in [0.2, 0.25) is 0 Å². The first-order valence-corrected chi connectivity index (χ1v) is 10.0. The van der Waals surface area contributed by atoms with Crippen molar-refractivity contribution in [1.82, 2.24) is 9.80 Å². The number of benzene rings is 1. The minimum absolute atomic E-state index is 0.0385. The number of nitrogens with zero attached hydrogens (tertiary/aromatic N) is 2. The average Bonchev–Trinajstić information content (AvgIpc) is 3.24. The van der Waals surface area contributed by atoms with E-state index in [2.05, 4.69) is 23.6 Å². The molecule has 1 fully saturated rings. The number of hydrogen-bond donors (Lipinski definition) is 0. The van der Waals surface area contributed by atoms with E-state index in [9.17, 15) is 9.59 Å². The fraction of sp³-hybridized carbons (Fsp3) is 0.333. The van der Waals surface area contributed by atoms with Gasteiger partial charge < -0.3 is 9.80 Å². The summed E-state index contributed by atoms with van der Waals surface area (Å²) in [6.07, 6.45) is 0.894. The molecule has 0 saturated carbocycles. The Morgan fingerprint density at radius 3 is 2.79 bits per heavy atom. The molecule has 2 aliphatic heterocycles. The highest BCUT2D eigenvalue weighted by atomic mass is 32.2. The third kappa shape index (κ3) is 2.84. The number of carbonyl (C=O) groups excluding carboxylic acids is 2. The van der Waals surface area contributed by atoms with Crippen LogP contribution in [0.5, 0.6) is 0 Å². The molecule has 124 valence electrons. The normalized spacial score (nSPS) is 20.3. The van der Waals surface area contributed by atoms with Crippen LogP contribution in [0.25, 0.3) is 0 Å². The minimum Gasteiger partial charge on any atom is -0.330 e. The molecule has 1 saturated heterocycles. The SMILES string of the molecule is O=C1CSCN1CC(=O)N1CCc2sccc2[C@@H]1c1ccccc1. The van der Waals surface area contributed by atoms with Crippen molar-refractivity contribution in [2.75, 3.05) is 24.7 Å². The molecule has 3 heterocycles. The summed E-state index contributed by atoms with van der Waals surface area (Å²) in [5.74, 6) is 1.22. The van der Waals surface area contributed by atoms with Crippen LogP contribution >= 0.6 is 23.1 Å². The molecule has 6 heteroatoms. The second-order valence-corrected chi connectivity index (χ2v) is 7.97. The van der Waals surface area contributed by atoms with Crippen LogP contribution in [0.4, 0.5) is 0 Å². The highest BCUT2D eigenvalue weighted by Gasteiger charge is 2.34. The monoisotopic (exact) mass is 358 g/mol. The van der Waals surface area contributed by atoms with Gasteiger partial charge in [0.2, 0.25) is 11.8 Å². The lowest BCUT2D eigenvalue weighted by Crippen LogP contribution is -2.45. The number of thiophene rings is 1. The molecule has 1 atom stereocenters. The molecule has 0 N–H and O–H groups in total. The Balaban J connectivity index is 1.63. The van der Waals surface area contributed by atoms with Gasteiger partial charge in [0.15, 0.2) is 0 Å². The van der Waals surface area contributed by atoms with Crippen molar-refractivity contribution in [2.45, 2.75) is 12.5 Å². The number of rotatable bonds is 3. The molecule has 4 rings (SSSR count). The molecule has 0 bridgehead atoms. The van der Waals surface area contributed by atoms with Crippen LogP contribution in [-0.4, -0.2) is 46.3 Å². The van der Waals surface area contributed by atoms with Crippen molar-refractivity contribution in [2.24, 2.45) is 0 Å². The second-order valence-electron chi connectivity index (χ2n) is 6.02. The zero-order valence-corrected chi connectivity index (χ0v) is 14.8. The van der Waals surface area contributed by atoms with Crippen molar-refractivity contribution < 1.29 is 9.59 Å². The summed E-state index contributed by atoms with van der Waals surface area (Å²) in [4.78, 5) is 29.8. The van der Waals surface area contributed by atoms with E-state index in [0.717, 1.165) is 12.0 Å². The van der Waals surface area contributed by atoms with E-state index in [1.54, 1.807) is 28.0 Å². The molecule has 2 amide bonds. The van der Waals surface area contributed by atoms with Gasteiger partial charge in [-0.25, -0.2) is 0 Å². The summed E-state index contributed by atoms with van der Waals surface area (Å²) >= 11 is 3.34. The summed E-state index contributed by atoms with van der Waals surface area (Å²) in [7, 11) is 0. The van der Waals surface area contributed by atoms with E-state index >= 15 is 0 Å². The maximum Gasteiger partial charge on any atom is 0.243 e. The molecule has 0 aliphatic carbocycles. The lowest BCUT2D eigenvalue weighted by atomic mass is 9.93. The number of carbonyl (C=O) groups is 2. The summed E-state index contributed by atoms with van der Waals surface area (Å²) in [5.41, 5.74) is 2.36. The number of thioether (sulfide) groups is 1. The van der Waals surface area contributed by atoms with Gasteiger partial charge in [-0.3, -0.25) is 9.59 Å². The van der Waals surface area contributed by atoms with Crippen LogP contribution in [0, 0.1) is 0 Å². The van der Waals surface area contributed by atoms with Gasteiger partial charge >= 0.3 is 0 Å². The van der Waals surface area contributed by atoms with E-state index < -0.39 is 0 Å². The van der Waals surface area contributed by atoms with Crippen molar-refractivity contribution in [3.8, 4) is 0 Å². The summed E-state index contributed by atoms with van der Waals surface area (Å²) in [5, 5.41) is 2.11. The fourth-order valence-electron chi connectivity index (χ4n) is 3.37. The Morgan fingerprint density at radius 2 is 2.04 bits per heavy atom. The smallest absolute Gasteiger partial charge is 0.243 e. The standard InChI is InChI=1S/C18H18N2O2S2/c21-16(10-19-12-23-11-17(19)22)20-8-6-15-14(7-9-24-15)18(20)13-4-2-1-3-5-13/h1-5,7,9,18H,6,8,10-12H2/t18-/m0/s1. The Hall–Kier alpha value is -1.79. The van der Waals surface area contributed by atoms with Crippen LogP contribution in [-0.2, 0) is 16.0 Å². The van der Waals surface area contributed by atoms with Crippen molar-refractivity contribution >= 4 is 34.9 Å². The van der Waals surface area contributed by atoms with Crippen LogP contribution in [0.15, 0.2) is 41.8 Å². The molecule has 0 spiro atoms. The Morgan fingerprint density at radius 1 is 1.21 bits per heavy atom. The molecule has 1 aromatic carbocycles. The van der Waals surface area contributed by atoms with Gasteiger partial charge in [0.25, 0.3) is 0 Å². The highest BCUT2D eigenvalue weighted by Crippen LogP contribution is 2.37. The van der Waals surface area contributed by atoms with Crippen LogP contribution in [0.1, 0.15) is 22.0 Å². The van der Waals surface area contributed by atoms with Crippen LogP contribution in [0.3, 0.4) is 0 Å². The van der Waals surface area contributed by atoms with Crippen molar-refractivity contribution in [3.05, 3.63) is 57.8 Å². The average molecular weight is 358 g/mol. The van der Waals surface area contributed by atoms with E-state index in [0.29, 0.717) is 18.2 Å². The molecular weight excluding hydrogens is 340 g/mol. The Kier molecular flexibility index (Phi) is 4.33. The summed E-state index contributed by atoms with van der Waals surface area (Å²) in [6.45, 7) is 0.899. The topological polar surface area (TPSA) is 40.6 Å². The molecule has 24 heavy (non-hydrogen) atoms. The van der Waals surface area contributed by atoms with Gasteiger partial charge in [0, 0.05) is 11.4 Å². The first-order chi connectivity index (χ1) is 11.7. The first kappa shape index (κ1) is 15.7. The Bertz CT molecular complexity index is 759. The van der Waals surface area contributed by atoms with Crippen LogP contribution < -0.4 is 0 Å². The van der Waals surface area contributed by atoms with Gasteiger partial charge in [-0.05, 0) is 29.0 Å². The zero-order chi connectivity index (χ0) is 16.5. The zero-order valence-electron chi connectivity index (χ0n) is 13.2. The molecule has 2 aliphatic rings. The number of amides is 2. The highest BCUT2D eigenvalue weighted by molar-refractivity contribution is 8.00. The van der Waals surface area contributed by atoms with Gasteiger partial charge in [-0.15, -0.1) is 23.1 Å². The molecule has 0 unspecified atom stereocenters. The first-order valence-electron chi connectivity index (χ1n) is 8.00. The summed E-state index contributed by atoms with van der Waals surface area (Å²) in [6, 6.07) is 12.3. The quantitative estimate of drug-likeness (QED) is 0.847. The van der Waals surface area contributed by atoms with E-state index in [4.69, 9.17) is 0 Å². The molecule has 1 aromatic heterocycles. The predicted molar refractivity (Wildman–Crippen MR) is 97.1 cm³/mol. The largest absolute Gasteiger partial charge is 0.330 e. The van der Waals surface area contributed by atoms with Gasteiger partial charge in [0.05, 0.1) is 17.7 Å². The molecule has 0 radical (unpaired) electrons. The van der Waals surface area contributed by atoms with Gasteiger partial charge in [-0.2, -0.15) is 0 Å². The second kappa shape index (κ2) is 6.61. The fourth-order valence-corrected chi connectivity index (χ4v) is 5.18. The Labute approximate surface area is 149 Å². The molecule has 4 nitrogen and oxygen atoms in total. The molecule has 2 aromatic rings.